The normalized spacial score (nSPS) is 7.43. The van der Waals surface area contributed by atoms with Crippen molar-refractivity contribution in [1.82, 2.24) is 0 Å². The van der Waals surface area contributed by atoms with Crippen LogP contribution in [0.25, 0.3) is 0 Å². The van der Waals surface area contributed by atoms with E-state index < -0.39 is 0 Å². The third-order valence-corrected chi connectivity index (χ3v) is 0.504. The highest BCUT2D eigenvalue weighted by atomic mass is 16.1. The Kier molecular flexibility index (Phi) is 2.90. The van der Waals surface area contributed by atoms with Gasteiger partial charge < -0.3 is 5.73 Å². The number of hydrogen-bond acceptors (Lipinski definition) is 3. The molecule has 0 heterocycles. The average molecular weight is 98.1 g/mol. The Morgan fingerprint density at radius 2 is 2.43 bits per heavy atom. The highest BCUT2D eigenvalue weighted by molar-refractivity contribution is 5.82. The smallest absolute Gasteiger partial charge is 0.160 e. The SMILES string of the molecule is N#CCC(=O)CN. The van der Waals surface area contributed by atoms with E-state index in [0.717, 1.165) is 0 Å². The van der Waals surface area contributed by atoms with Crippen LogP contribution >= 0.6 is 0 Å². The Bertz CT molecular complexity index is 103. The number of nitrogens with two attached hydrogens (primary N) is 1. The van der Waals surface area contributed by atoms with E-state index in [9.17, 15) is 4.79 Å². The Hall–Kier alpha value is -0.880. The number of nitriles is 1. The van der Waals surface area contributed by atoms with Crippen LogP contribution in [0.5, 0.6) is 0 Å². The maximum absolute atomic E-state index is 10.1. The molecule has 0 aromatic carbocycles. The Morgan fingerprint density at radius 1 is 1.86 bits per heavy atom. The van der Waals surface area contributed by atoms with Gasteiger partial charge in [0, 0.05) is 0 Å². The molecule has 0 bridgehead atoms. The summed E-state index contributed by atoms with van der Waals surface area (Å²) in [5, 5.41) is 7.84. The average Bonchev–Trinajstić information content (AvgIpc) is 1.68. The molecule has 0 atom stereocenters. The molecule has 0 saturated carbocycles. The number of carbonyl (C=O) groups is 1. The molecule has 0 aliphatic heterocycles. The predicted molar refractivity (Wildman–Crippen MR) is 24.3 cm³/mol. The van der Waals surface area contributed by atoms with Crippen molar-refractivity contribution in [2.75, 3.05) is 6.54 Å². The van der Waals surface area contributed by atoms with Crippen LogP contribution in [0.1, 0.15) is 6.42 Å². The molecule has 2 N–H and O–H groups in total. The lowest BCUT2D eigenvalue weighted by Gasteiger charge is -1.80. The van der Waals surface area contributed by atoms with Crippen molar-refractivity contribution < 1.29 is 4.79 Å². The van der Waals surface area contributed by atoms with Crippen LogP contribution in [0.4, 0.5) is 0 Å². The van der Waals surface area contributed by atoms with E-state index in [1.54, 1.807) is 6.07 Å². The summed E-state index contributed by atoms with van der Waals surface area (Å²) >= 11 is 0. The molecule has 0 aromatic heterocycles. The minimum absolute atomic E-state index is 0.0203. The van der Waals surface area contributed by atoms with Crippen LogP contribution in [0.2, 0.25) is 0 Å². The molecule has 0 amide bonds. The van der Waals surface area contributed by atoms with Gasteiger partial charge in [-0.15, -0.1) is 0 Å². The summed E-state index contributed by atoms with van der Waals surface area (Å²) in [5.41, 5.74) is 4.86. The van der Waals surface area contributed by atoms with E-state index in [4.69, 9.17) is 11.0 Å². The molecule has 0 radical (unpaired) electrons. The molecular weight excluding hydrogens is 92.1 g/mol. The van der Waals surface area contributed by atoms with E-state index in [0.29, 0.717) is 0 Å². The molecule has 3 heteroatoms. The summed E-state index contributed by atoms with van der Waals surface area (Å²) in [6.07, 6.45) is -0.0590. The lowest BCUT2D eigenvalue weighted by molar-refractivity contribution is -0.116. The highest BCUT2D eigenvalue weighted by Gasteiger charge is 1.91. The molecular formula is C4H6N2O. The topological polar surface area (TPSA) is 66.9 Å². The summed E-state index contributed by atoms with van der Waals surface area (Å²) in [6.45, 7) is -0.0203. The Morgan fingerprint density at radius 3 is 2.57 bits per heavy atom. The monoisotopic (exact) mass is 98.0 g/mol. The van der Waals surface area contributed by atoms with Crippen molar-refractivity contribution in [1.29, 1.82) is 5.26 Å². The Labute approximate surface area is 41.7 Å². The third-order valence-electron chi connectivity index (χ3n) is 0.504. The van der Waals surface area contributed by atoms with Gasteiger partial charge in [-0.2, -0.15) is 5.26 Å². The van der Waals surface area contributed by atoms with Gasteiger partial charge in [0.15, 0.2) is 5.78 Å². The number of carbonyl (C=O) groups excluding carboxylic acids is 1. The molecule has 0 aliphatic rings. The quantitative estimate of drug-likeness (QED) is 0.502. The van der Waals surface area contributed by atoms with Gasteiger partial charge in [0.25, 0.3) is 0 Å². The minimum Gasteiger partial charge on any atom is -0.324 e. The van der Waals surface area contributed by atoms with Crippen molar-refractivity contribution >= 4 is 5.78 Å². The summed E-state index contributed by atoms with van der Waals surface area (Å²) in [7, 11) is 0. The van der Waals surface area contributed by atoms with Crippen molar-refractivity contribution in [2.24, 2.45) is 5.73 Å². The van der Waals surface area contributed by atoms with Crippen LogP contribution in [-0.2, 0) is 4.79 Å². The fourth-order valence-electron chi connectivity index (χ4n) is 0.160. The van der Waals surface area contributed by atoms with E-state index in [2.05, 4.69) is 0 Å². The molecule has 38 valence electrons. The number of nitrogens with zero attached hydrogens (tertiary/aromatic N) is 1. The van der Waals surface area contributed by atoms with Crippen LogP contribution in [0.3, 0.4) is 0 Å². The molecule has 0 unspecified atom stereocenters. The van der Waals surface area contributed by atoms with Gasteiger partial charge in [0.05, 0.1) is 19.0 Å². The van der Waals surface area contributed by atoms with Gasteiger partial charge in [0.2, 0.25) is 0 Å². The predicted octanol–water partition coefficient (Wildman–Crippen LogP) is -0.572. The first-order valence-corrected chi connectivity index (χ1v) is 1.90. The fraction of sp³-hybridized carbons (Fsp3) is 0.500. The molecule has 0 fully saturated rings. The highest BCUT2D eigenvalue weighted by Crippen LogP contribution is 1.72. The maximum atomic E-state index is 10.1. The second-order valence-electron chi connectivity index (χ2n) is 1.08. The van der Waals surface area contributed by atoms with E-state index in [1.165, 1.54) is 0 Å². The number of rotatable bonds is 2. The maximum Gasteiger partial charge on any atom is 0.160 e. The van der Waals surface area contributed by atoms with Crippen LogP contribution in [0.15, 0.2) is 0 Å². The number of hydrogen-bond donors (Lipinski definition) is 1. The van der Waals surface area contributed by atoms with Crippen molar-refractivity contribution in [3.8, 4) is 6.07 Å². The van der Waals surface area contributed by atoms with Gasteiger partial charge in [-0.1, -0.05) is 0 Å². The molecule has 0 saturated heterocycles. The summed E-state index contributed by atoms with van der Waals surface area (Å²) < 4.78 is 0. The lowest BCUT2D eigenvalue weighted by Crippen LogP contribution is -2.11. The van der Waals surface area contributed by atoms with E-state index in [1.807, 2.05) is 0 Å². The molecule has 7 heavy (non-hydrogen) atoms. The van der Waals surface area contributed by atoms with Crippen molar-refractivity contribution in [2.45, 2.75) is 6.42 Å². The standard InChI is InChI=1S/C4H6N2O/c5-2-1-4(7)3-6/h1,3,6H2. The first kappa shape index (κ1) is 6.12. The molecule has 3 nitrogen and oxygen atoms in total. The van der Waals surface area contributed by atoms with Crippen LogP contribution < -0.4 is 5.73 Å². The molecule has 0 spiro atoms. The largest absolute Gasteiger partial charge is 0.324 e. The zero-order valence-electron chi connectivity index (χ0n) is 3.85. The number of ketones is 1. The summed E-state index contributed by atoms with van der Waals surface area (Å²) in [4.78, 5) is 10.1. The van der Waals surface area contributed by atoms with E-state index >= 15 is 0 Å². The lowest BCUT2D eigenvalue weighted by atomic mass is 10.3. The zero-order valence-corrected chi connectivity index (χ0v) is 3.85. The molecule has 0 rings (SSSR count). The minimum atomic E-state index is -0.206. The van der Waals surface area contributed by atoms with Crippen LogP contribution in [0, 0.1) is 11.3 Å². The van der Waals surface area contributed by atoms with Crippen molar-refractivity contribution in [3.63, 3.8) is 0 Å². The van der Waals surface area contributed by atoms with E-state index in [-0.39, 0.29) is 18.7 Å². The first-order chi connectivity index (χ1) is 3.31. The second kappa shape index (κ2) is 3.32. The zero-order chi connectivity index (χ0) is 5.70. The molecule has 0 aliphatic carbocycles. The molecule has 0 aromatic rings. The van der Waals surface area contributed by atoms with Gasteiger partial charge >= 0.3 is 0 Å². The van der Waals surface area contributed by atoms with Gasteiger partial charge in [-0.25, -0.2) is 0 Å². The third kappa shape index (κ3) is 2.94. The van der Waals surface area contributed by atoms with Gasteiger partial charge in [0.1, 0.15) is 0 Å². The summed E-state index contributed by atoms with van der Waals surface area (Å²) in [5.74, 6) is -0.206. The van der Waals surface area contributed by atoms with Gasteiger partial charge in [-0.3, -0.25) is 4.79 Å². The van der Waals surface area contributed by atoms with Crippen molar-refractivity contribution in [3.05, 3.63) is 0 Å². The summed E-state index contributed by atoms with van der Waals surface area (Å²) in [6, 6.07) is 1.69. The second-order valence-corrected chi connectivity index (χ2v) is 1.08. The van der Waals surface area contributed by atoms with Crippen LogP contribution in [-0.4, -0.2) is 12.3 Å². The number of Topliss-reactive ketones (excluding diaryl/α,β-unsaturated/α-hetero) is 1. The fourth-order valence-corrected chi connectivity index (χ4v) is 0.160. The first-order valence-electron chi connectivity index (χ1n) is 1.90. The van der Waals surface area contributed by atoms with Gasteiger partial charge in [-0.05, 0) is 0 Å². The Balaban J connectivity index is 3.23.